The van der Waals surface area contributed by atoms with E-state index in [0.717, 1.165) is 6.54 Å². The van der Waals surface area contributed by atoms with E-state index >= 15 is 0 Å². The Morgan fingerprint density at radius 3 is 3.06 bits per heavy atom. The quantitative estimate of drug-likeness (QED) is 0.819. The van der Waals surface area contributed by atoms with Gasteiger partial charge in [0.05, 0.1) is 16.4 Å². The number of thioether (sulfide) groups is 1. The van der Waals surface area contributed by atoms with E-state index in [2.05, 4.69) is 5.32 Å². The topological polar surface area (TPSA) is 38.0 Å². The Balaban J connectivity index is 2.00. The zero-order chi connectivity index (χ0) is 11.5. The Labute approximate surface area is 104 Å². The van der Waals surface area contributed by atoms with Crippen molar-refractivity contribution in [2.75, 3.05) is 23.3 Å². The highest BCUT2D eigenvalue weighted by Crippen LogP contribution is 2.29. The number of halogens is 2. The van der Waals surface area contributed by atoms with E-state index in [4.69, 9.17) is 17.3 Å². The molecular formula is C11H14ClFN2S. The monoisotopic (exact) mass is 260 g/mol. The van der Waals surface area contributed by atoms with E-state index in [0.29, 0.717) is 16.6 Å². The molecule has 1 fully saturated rings. The maximum Gasteiger partial charge on any atom is 0.143 e. The minimum Gasteiger partial charge on any atom is -0.397 e. The van der Waals surface area contributed by atoms with Crippen molar-refractivity contribution in [2.45, 2.75) is 18.1 Å². The minimum absolute atomic E-state index is 0.0679. The smallest absolute Gasteiger partial charge is 0.143 e. The Bertz CT molecular complexity index is 380. The highest BCUT2D eigenvalue weighted by Gasteiger charge is 2.15. The first-order chi connectivity index (χ1) is 7.66. The van der Waals surface area contributed by atoms with Crippen LogP contribution in [0.25, 0.3) is 0 Å². The van der Waals surface area contributed by atoms with Crippen LogP contribution in [0.3, 0.4) is 0 Å². The second-order valence-corrected chi connectivity index (χ2v) is 5.68. The molecule has 0 saturated carbocycles. The molecule has 1 aliphatic rings. The molecule has 2 nitrogen and oxygen atoms in total. The van der Waals surface area contributed by atoms with Gasteiger partial charge in [0.25, 0.3) is 0 Å². The lowest BCUT2D eigenvalue weighted by atomic mass is 10.2. The highest BCUT2D eigenvalue weighted by atomic mass is 35.5. The molecule has 3 N–H and O–H groups in total. The predicted molar refractivity (Wildman–Crippen MR) is 69.8 cm³/mol. The van der Waals surface area contributed by atoms with Crippen molar-refractivity contribution in [1.29, 1.82) is 0 Å². The summed E-state index contributed by atoms with van der Waals surface area (Å²) in [5, 5.41) is 3.86. The summed E-state index contributed by atoms with van der Waals surface area (Å²) in [4.78, 5) is 0. The molecule has 0 radical (unpaired) electrons. The minimum atomic E-state index is -0.433. The number of hydrogen-bond acceptors (Lipinski definition) is 3. The van der Waals surface area contributed by atoms with Gasteiger partial charge in [0.2, 0.25) is 0 Å². The van der Waals surface area contributed by atoms with Crippen LogP contribution in [0.4, 0.5) is 15.8 Å². The Morgan fingerprint density at radius 2 is 2.38 bits per heavy atom. The first-order valence-electron chi connectivity index (χ1n) is 5.27. The second-order valence-electron chi connectivity index (χ2n) is 3.87. The Kier molecular flexibility index (Phi) is 3.82. The molecule has 1 saturated heterocycles. The van der Waals surface area contributed by atoms with Crippen LogP contribution in [0.5, 0.6) is 0 Å². The zero-order valence-corrected chi connectivity index (χ0v) is 10.4. The van der Waals surface area contributed by atoms with Crippen LogP contribution >= 0.6 is 23.4 Å². The van der Waals surface area contributed by atoms with Crippen LogP contribution in [0.15, 0.2) is 12.1 Å². The number of hydrogen-bond donors (Lipinski definition) is 2. The molecule has 1 aromatic carbocycles. The SMILES string of the molecule is Nc1cc(Cl)c(F)cc1NCC1CCCS1. The summed E-state index contributed by atoms with van der Waals surface area (Å²) in [6, 6.07) is 2.80. The van der Waals surface area contributed by atoms with Gasteiger partial charge in [-0.05, 0) is 24.7 Å². The third-order valence-corrected chi connectivity index (χ3v) is 4.32. The van der Waals surface area contributed by atoms with Crippen LogP contribution in [-0.4, -0.2) is 17.5 Å². The fraction of sp³-hybridized carbons (Fsp3) is 0.455. The molecule has 0 amide bonds. The maximum atomic E-state index is 13.2. The van der Waals surface area contributed by atoms with Crippen molar-refractivity contribution in [3.63, 3.8) is 0 Å². The van der Waals surface area contributed by atoms with E-state index in [9.17, 15) is 4.39 Å². The third kappa shape index (κ3) is 2.74. The molecule has 1 heterocycles. The Morgan fingerprint density at radius 1 is 1.56 bits per heavy atom. The van der Waals surface area contributed by atoms with Crippen molar-refractivity contribution >= 4 is 34.7 Å². The van der Waals surface area contributed by atoms with Gasteiger partial charge in [0.1, 0.15) is 5.82 Å². The zero-order valence-electron chi connectivity index (χ0n) is 8.80. The van der Waals surface area contributed by atoms with Crippen molar-refractivity contribution in [1.82, 2.24) is 0 Å². The average Bonchev–Trinajstić information content (AvgIpc) is 2.74. The summed E-state index contributed by atoms with van der Waals surface area (Å²) in [5.41, 5.74) is 6.88. The molecule has 0 aliphatic carbocycles. The van der Waals surface area contributed by atoms with E-state index in [1.807, 2.05) is 11.8 Å². The van der Waals surface area contributed by atoms with E-state index in [1.54, 1.807) is 0 Å². The van der Waals surface area contributed by atoms with E-state index < -0.39 is 5.82 Å². The number of benzene rings is 1. The number of rotatable bonds is 3. The normalized spacial score (nSPS) is 20.0. The van der Waals surface area contributed by atoms with Crippen molar-refractivity contribution < 1.29 is 4.39 Å². The number of anilines is 2. The number of nitrogens with one attached hydrogen (secondary N) is 1. The fourth-order valence-electron chi connectivity index (χ4n) is 1.74. The number of nitrogen functional groups attached to an aromatic ring is 1. The molecule has 5 heteroatoms. The third-order valence-electron chi connectivity index (χ3n) is 2.64. The van der Waals surface area contributed by atoms with Crippen LogP contribution in [0, 0.1) is 5.82 Å². The van der Waals surface area contributed by atoms with Gasteiger partial charge in [-0.15, -0.1) is 0 Å². The summed E-state index contributed by atoms with van der Waals surface area (Å²) < 4.78 is 13.2. The van der Waals surface area contributed by atoms with Gasteiger partial charge in [-0.1, -0.05) is 11.6 Å². The summed E-state index contributed by atoms with van der Waals surface area (Å²) >= 11 is 7.58. The van der Waals surface area contributed by atoms with E-state index in [1.165, 1.54) is 30.7 Å². The van der Waals surface area contributed by atoms with Gasteiger partial charge in [-0.3, -0.25) is 0 Å². The summed E-state index contributed by atoms with van der Waals surface area (Å²) in [7, 11) is 0. The van der Waals surface area contributed by atoms with Crippen LogP contribution in [0.2, 0.25) is 5.02 Å². The van der Waals surface area contributed by atoms with Gasteiger partial charge in [0, 0.05) is 17.9 Å². The Hall–Kier alpha value is -0.610. The van der Waals surface area contributed by atoms with Gasteiger partial charge in [0.15, 0.2) is 0 Å². The predicted octanol–water partition coefficient (Wildman–Crippen LogP) is 3.37. The van der Waals surface area contributed by atoms with Gasteiger partial charge in [-0.25, -0.2) is 4.39 Å². The van der Waals surface area contributed by atoms with Crippen LogP contribution < -0.4 is 11.1 Å². The molecule has 0 aromatic heterocycles. The van der Waals surface area contributed by atoms with Gasteiger partial charge >= 0.3 is 0 Å². The molecular weight excluding hydrogens is 247 g/mol. The molecule has 0 spiro atoms. The van der Waals surface area contributed by atoms with Crippen molar-refractivity contribution in [3.05, 3.63) is 23.0 Å². The first-order valence-corrected chi connectivity index (χ1v) is 6.69. The molecule has 0 bridgehead atoms. The summed E-state index contributed by atoms with van der Waals surface area (Å²) in [6.07, 6.45) is 2.48. The first kappa shape index (κ1) is 11.9. The van der Waals surface area contributed by atoms with Gasteiger partial charge < -0.3 is 11.1 Å². The molecule has 16 heavy (non-hydrogen) atoms. The average molecular weight is 261 g/mol. The van der Waals surface area contributed by atoms with E-state index in [-0.39, 0.29) is 5.02 Å². The fourth-order valence-corrected chi connectivity index (χ4v) is 3.12. The maximum absolute atomic E-state index is 13.2. The molecule has 1 unspecified atom stereocenters. The molecule has 1 atom stereocenters. The lowest BCUT2D eigenvalue weighted by Crippen LogP contribution is -2.14. The molecule has 2 rings (SSSR count). The second kappa shape index (κ2) is 5.15. The van der Waals surface area contributed by atoms with Crippen LogP contribution in [0.1, 0.15) is 12.8 Å². The molecule has 1 aromatic rings. The molecule has 88 valence electrons. The summed E-state index contributed by atoms with van der Waals surface area (Å²) in [6.45, 7) is 0.829. The summed E-state index contributed by atoms with van der Waals surface area (Å²) in [5.74, 6) is 0.786. The van der Waals surface area contributed by atoms with Crippen molar-refractivity contribution in [3.8, 4) is 0 Å². The lowest BCUT2D eigenvalue weighted by Gasteiger charge is -2.13. The number of nitrogens with two attached hydrogens (primary N) is 1. The standard InChI is InChI=1S/C11H14ClFN2S/c12-8-4-10(14)11(5-9(8)13)15-6-7-2-1-3-16-7/h4-5,7,15H,1-3,6,14H2. The lowest BCUT2D eigenvalue weighted by molar-refractivity contribution is 0.629. The van der Waals surface area contributed by atoms with Gasteiger partial charge in [-0.2, -0.15) is 11.8 Å². The van der Waals surface area contributed by atoms with Crippen LogP contribution in [-0.2, 0) is 0 Å². The van der Waals surface area contributed by atoms with Crippen molar-refractivity contribution in [2.24, 2.45) is 0 Å². The largest absolute Gasteiger partial charge is 0.397 e. The highest BCUT2D eigenvalue weighted by molar-refractivity contribution is 8.00. The molecule has 1 aliphatic heterocycles.